The van der Waals surface area contributed by atoms with Crippen molar-refractivity contribution in [3.05, 3.63) is 57.3 Å². The second-order valence-electron chi connectivity index (χ2n) is 5.13. The lowest BCUT2D eigenvalue weighted by atomic mass is 10.3. The lowest BCUT2D eigenvalue weighted by Crippen LogP contribution is -2.11. The maximum atomic E-state index is 12.4. The van der Waals surface area contributed by atoms with Gasteiger partial charge in [0.25, 0.3) is 5.91 Å². The fourth-order valence-electron chi connectivity index (χ4n) is 2.20. The van der Waals surface area contributed by atoms with Gasteiger partial charge in [0.05, 0.1) is 22.1 Å². The van der Waals surface area contributed by atoms with Crippen LogP contribution in [0, 0.1) is 20.8 Å². The van der Waals surface area contributed by atoms with E-state index in [4.69, 9.17) is 11.6 Å². The van der Waals surface area contributed by atoms with Crippen LogP contribution in [0.25, 0.3) is 5.13 Å². The van der Waals surface area contributed by atoms with E-state index >= 15 is 0 Å². The molecule has 2 aromatic heterocycles. The number of hydrogen-bond acceptors (Lipinski definition) is 4. The maximum absolute atomic E-state index is 12.4. The van der Waals surface area contributed by atoms with Crippen molar-refractivity contribution in [1.82, 2.24) is 14.8 Å². The van der Waals surface area contributed by atoms with Crippen LogP contribution >= 0.6 is 22.9 Å². The average Bonchev–Trinajstić information content (AvgIpc) is 3.04. The number of aryl methyl sites for hydroxylation is 2. The molecule has 23 heavy (non-hydrogen) atoms. The molecular weight excluding hydrogens is 332 g/mol. The quantitative estimate of drug-likeness (QED) is 0.774. The summed E-state index contributed by atoms with van der Waals surface area (Å²) in [6.45, 7) is 5.53. The van der Waals surface area contributed by atoms with E-state index in [9.17, 15) is 4.79 Å². The van der Waals surface area contributed by atoms with Crippen LogP contribution in [0.15, 0.2) is 30.3 Å². The molecule has 1 aromatic carbocycles. The summed E-state index contributed by atoms with van der Waals surface area (Å²) in [6.07, 6.45) is 0. The molecule has 0 atom stereocenters. The monoisotopic (exact) mass is 346 g/mol. The van der Waals surface area contributed by atoms with E-state index < -0.39 is 0 Å². The van der Waals surface area contributed by atoms with Gasteiger partial charge in [-0.25, -0.2) is 9.67 Å². The highest BCUT2D eigenvalue weighted by Crippen LogP contribution is 2.27. The van der Waals surface area contributed by atoms with E-state index in [2.05, 4.69) is 15.4 Å². The van der Waals surface area contributed by atoms with Gasteiger partial charge in [0, 0.05) is 5.69 Å². The van der Waals surface area contributed by atoms with Crippen LogP contribution in [0.3, 0.4) is 0 Å². The zero-order valence-electron chi connectivity index (χ0n) is 12.9. The number of aromatic nitrogens is 3. The molecule has 1 N–H and O–H groups in total. The van der Waals surface area contributed by atoms with E-state index in [1.54, 1.807) is 4.68 Å². The topological polar surface area (TPSA) is 59.8 Å². The van der Waals surface area contributed by atoms with E-state index in [1.807, 2.05) is 51.1 Å². The van der Waals surface area contributed by atoms with Gasteiger partial charge >= 0.3 is 0 Å². The van der Waals surface area contributed by atoms with Gasteiger partial charge in [0.1, 0.15) is 4.88 Å². The number of rotatable bonds is 3. The average molecular weight is 347 g/mol. The van der Waals surface area contributed by atoms with E-state index in [0.29, 0.717) is 20.7 Å². The molecule has 0 unspecified atom stereocenters. The number of anilines is 1. The normalized spacial score (nSPS) is 10.8. The molecule has 0 saturated carbocycles. The summed E-state index contributed by atoms with van der Waals surface area (Å²) >= 11 is 7.47. The van der Waals surface area contributed by atoms with Gasteiger partial charge in [-0.15, -0.1) is 0 Å². The number of carbonyl (C=O) groups is 1. The Labute approximate surface area is 142 Å². The summed E-state index contributed by atoms with van der Waals surface area (Å²) < 4.78 is 1.68. The Hall–Kier alpha value is -2.18. The summed E-state index contributed by atoms with van der Waals surface area (Å²) in [5.41, 5.74) is 2.98. The molecule has 0 bridgehead atoms. The third kappa shape index (κ3) is 3.00. The number of halogens is 1. The predicted molar refractivity (Wildman–Crippen MR) is 92.9 cm³/mol. The molecule has 0 saturated heterocycles. The SMILES string of the molecule is Cc1nc(-n2nc(C)c(Cl)c2C)sc1C(=O)Nc1ccccc1. The van der Waals surface area contributed by atoms with Crippen LogP contribution in [0.5, 0.6) is 0 Å². The van der Waals surface area contributed by atoms with Crippen molar-refractivity contribution >= 4 is 34.5 Å². The largest absolute Gasteiger partial charge is 0.321 e. The first kappa shape index (κ1) is 15.7. The fraction of sp³-hybridized carbons (Fsp3) is 0.188. The minimum atomic E-state index is -0.176. The number of para-hydroxylation sites is 1. The number of benzene rings is 1. The van der Waals surface area contributed by atoms with Gasteiger partial charge in [0.15, 0.2) is 0 Å². The summed E-state index contributed by atoms with van der Waals surface area (Å²) in [5, 5.41) is 8.50. The number of amides is 1. The maximum Gasteiger partial charge on any atom is 0.267 e. The highest BCUT2D eigenvalue weighted by molar-refractivity contribution is 7.16. The number of nitrogens with one attached hydrogen (secondary N) is 1. The Balaban J connectivity index is 1.92. The summed E-state index contributed by atoms with van der Waals surface area (Å²) in [6, 6.07) is 9.33. The molecule has 0 aliphatic heterocycles. The molecule has 0 spiro atoms. The molecule has 0 radical (unpaired) electrons. The molecule has 2 heterocycles. The van der Waals surface area contributed by atoms with E-state index in [0.717, 1.165) is 17.1 Å². The van der Waals surface area contributed by atoms with Gasteiger partial charge in [-0.05, 0) is 32.9 Å². The highest BCUT2D eigenvalue weighted by atomic mass is 35.5. The van der Waals surface area contributed by atoms with Crippen LogP contribution < -0.4 is 5.32 Å². The van der Waals surface area contributed by atoms with Crippen LogP contribution in [0.1, 0.15) is 26.8 Å². The number of nitrogens with zero attached hydrogens (tertiary/aromatic N) is 3. The molecular formula is C16H15ClN4OS. The Kier molecular flexibility index (Phi) is 4.19. The fourth-order valence-corrected chi connectivity index (χ4v) is 3.29. The molecule has 3 rings (SSSR count). The Morgan fingerprint density at radius 3 is 2.48 bits per heavy atom. The highest BCUT2D eigenvalue weighted by Gasteiger charge is 2.19. The Morgan fingerprint density at radius 2 is 1.87 bits per heavy atom. The van der Waals surface area contributed by atoms with Gasteiger partial charge in [-0.1, -0.05) is 41.1 Å². The van der Waals surface area contributed by atoms with Crippen molar-refractivity contribution in [2.24, 2.45) is 0 Å². The molecule has 3 aromatic rings. The standard InChI is InChI=1S/C16H15ClN4OS/c1-9-13(17)11(3)21(20-9)16-18-10(2)14(23-16)15(22)19-12-7-5-4-6-8-12/h4-8H,1-3H3,(H,19,22). The number of hydrogen-bond donors (Lipinski definition) is 1. The molecule has 1 amide bonds. The third-order valence-electron chi connectivity index (χ3n) is 3.41. The first-order valence-electron chi connectivity index (χ1n) is 7.03. The Morgan fingerprint density at radius 1 is 1.17 bits per heavy atom. The van der Waals surface area contributed by atoms with Crippen LogP contribution in [-0.2, 0) is 0 Å². The van der Waals surface area contributed by atoms with Crippen LogP contribution in [-0.4, -0.2) is 20.7 Å². The van der Waals surface area contributed by atoms with Crippen molar-refractivity contribution < 1.29 is 4.79 Å². The van der Waals surface area contributed by atoms with Gasteiger partial charge in [0.2, 0.25) is 5.13 Å². The molecule has 0 aliphatic rings. The smallest absolute Gasteiger partial charge is 0.267 e. The molecule has 0 aliphatic carbocycles. The third-order valence-corrected chi connectivity index (χ3v) is 5.09. The van der Waals surface area contributed by atoms with Crippen molar-refractivity contribution in [1.29, 1.82) is 0 Å². The number of carbonyl (C=O) groups excluding carboxylic acids is 1. The predicted octanol–water partition coefficient (Wildman–Crippen LogP) is 4.16. The molecule has 7 heteroatoms. The second kappa shape index (κ2) is 6.14. The molecule has 0 fully saturated rings. The van der Waals surface area contributed by atoms with Crippen molar-refractivity contribution in [2.75, 3.05) is 5.32 Å². The molecule has 5 nitrogen and oxygen atoms in total. The van der Waals surface area contributed by atoms with Crippen molar-refractivity contribution in [3.8, 4) is 5.13 Å². The first-order valence-corrected chi connectivity index (χ1v) is 8.22. The summed E-state index contributed by atoms with van der Waals surface area (Å²) in [5.74, 6) is -0.176. The van der Waals surface area contributed by atoms with E-state index in [-0.39, 0.29) is 5.91 Å². The summed E-state index contributed by atoms with van der Waals surface area (Å²) in [4.78, 5) is 17.5. The zero-order valence-corrected chi connectivity index (χ0v) is 14.5. The van der Waals surface area contributed by atoms with E-state index in [1.165, 1.54) is 11.3 Å². The second-order valence-corrected chi connectivity index (χ2v) is 6.48. The minimum Gasteiger partial charge on any atom is -0.321 e. The minimum absolute atomic E-state index is 0.176. The molecule has 118 valence electrons. The number of thiazole rings is 1. The lowest BCUT2D eigenvalue weighted by Gasteiger charge is -2.02. The van der Waals surface area contributed by atoms with Crippen LogP contribution in [0.4, 0.5) is 5.69 Å². The zero-order chi connectivity index (χ0) is 16.6. The summed E-state index contributed by atoms with van der Waals surface area (Å²) in [7, 11) is 0. The lowest BCUT2D eigenvalue weighted by molar-refractivity contribution is 0.103. The van der Waals surface area contributed by atoms with Crippen molar-refractivity contribution in [2.45, 2.75) is 20.8 Å². The van der Waals surface area contributed by atoms with Gasteiger partial charge < -0.3 is 5.32 Å². The first-order chi connectivity index (χ1) is 11.0. The Bertz CT molecular complexity index is 870. The van der Waals surface area contributed by atoms with Crippen LogP contribution in [0.2, 0.25) is 5.02 Å². The van der Waals surface area contributed by atoms with Gasteiger partial charge in [-0.3, -0.25) is 4.79 Å². The van der Waals surface area contributed by atoms with Gasteiger partial charge in [-0.2, -0.15) is 5.10 Å². The van der Waals surface area contributed by atoms with Crippen molar-refractivity contribution in [3.63, 3.8) is 0 Å².